The van der Waals surface area contributed by atoms with Crippen molar-refractivity contribution in [2.45, 2.75) is 0 Å². The van der Waals surface area contributed by atoms with Crippen molar-refractivity contribution in [1.29, 1.82) is 0 Å². The summed E-state index contributed by atoms with van der Waals surface area (Å²) in [5, 5.41) is 18.7. The number of hydrazine groups is 1. The van der Waals surface area contributed by atoms with Crippen LogP contribution in [-0.2, 0) is 0 Å². The highest BCUT2D eigenvalue weighted by atomic mass is 16.5. The molecule has 0 heterocycles. The van der Waals surface area contributed by atoms with E-state index in [9.17, 15) is 5.21 Å². The zero-order valence-electron chi connectivity index (χ0n) is 4.50. The molecule has 0 saturated carbocycles. The number of nitrogens with zero attached hydrogens (tertiary/aromatic N) is 1. The third kappa shape index (κ3) is 3.60. The van der Waals surface area contributed by atoms with Crippen molar-refractivity contribution < 1.29 is 5.11 Å². The Labute approximate surface area is 48.0 Å². The molecule has 0 atom stereocenters. The Balaban J connectivity index is 2.98. The van der Waals surface area contributed by atoms with Crippen LogP contribution in [0.1, 0.15) is 0 Å². The fourth-order valence-electron chi connectivity index (χ4n) is 0.225. The quantitative estimate of drug-likeness (QED) is 0.484. The van der Waals surface area contributed by atoms with Gasteiger partial charge >= 0.3 is 0 Å². The van der Waals surface area contributed by atoms with Gasteiger partial charge in [0.15, 0.2) is 0 Å². The van der Waals surface area contributed by atoms with Crippen LogP contribution in [0.2, 0.25) is 0 Å². The Morgan fingerprint density at radius 3 is 2.88 bits per heavy atom. The molecule has 4 nitrogen and oxygen atoms in total. The number of rotatable bonds is 4. The number of hydroxylamine groups is 1. The van der Waals surface area contributed by atoms with Crippen LogP contribution in [0.5, 0.6) is 0 Å². The van der Waals surface area contributed by atoms with E-state index in [1.165, 1.54) is 0 Å². The fourth-order valence-corrected chi connectivity index (χ4v) is 0.225. The van der Waals surface area contributed by atoms with E-state index in [4.69, 9.17) is 5.11 Å². The lowest BCUT2D eigenvalue weighted by Crippen LogP contribution is -2.30. The van der Waals surface area contributed by atoms with Crippen molar-refractivity contribution in [2.75, 3.05) is 13.2 Å². The average molecular weight is 117 g/mol. The summed E-state index contributed by atoms with van der Waals surface area (Å²) in [6, 6.07) is 0. The minimum atomic E-state index is -0.0490. The van der Waals surface area contributed by atoms with Gasteiger partial charge in [-0.1, -0.05) is 6.58 Å². The van der Waals surface area contributed by atoms with Gasteiger partial charge in [0.05, 0.1) is 6.61 Å². The minimum absolute atomic E-state index is 0.0490. The van der Waals surface area contributed by atoms with Crippen LogP contribution < -0.4 is 5.43 Å². The van der Waals surface area contributed by atoms with Gasteiger partial charge in [-0.2, -0.15) is 0 Å². The molecular weight excluding hydrogens is 108 g/mol. The Morgan fingerprint density at radius 2 is 2.50 bits per heavy atom. The van der Waals surface area contributed by atoms with Crippen LogP contribution in [0.15, 0.2) is 12.8 Å². The van der Waals surface area contributed by atoms with E-state index >= 15 is 0 Å². The zero-order chi connectivity index (χ0) is 6.41. The average Bonchev–Trinajstić information content (AvgIpc) is 1.83. The third-order valence-corrected chi connectivity index (χ3v) is 0.545. The predicted octanol–water partition coefficient (Wildman–Crippen LogP) is -0.573. The van der Waals surface area contributed by atoms with Gasteiger partial charge in [0.2, 0.25) is 0 Å². The minimum Gasteiger partial charge on any atom is -0.744 e. The number of nitrogens with one attached hydrogen (secondary N) is 1. The summed E-state index contributed by atoms with van der Waals surface area (Å²) in [7, 11) is 0. The van der Waals surface area contributed by atoms with E-state index < -0.39 is 0 Å². The SMILES string of the molecule is C=CN([O-])NCCO. The Morgan fingerprint density at radius 1 is 1.88 bits per heavy atom. The second-order valence-electron chi connectivity index (χ2n) is 1.14. The maximum Gasteiger partial charge on any atom is 0.0574 e. The van der Waals surface area contributed by atoms with Crippen LogP contribution in [0.3, 0.4) is 0 Å². The highest BCUT2D eigenvalue weighted by molar-refractivity contribution is 4.65. The van der Waals surface area contributed by atoms with Gasteiger partial charge in [-0.25, -0.2) is 5.43 Å². The Kier molecular flexibility index (Phi) is 4.24. The molecule has 0 amide bonds. The lowest BCUT2D eigenvalue weighted by Gasteiger charge is -2.25. The van der Waals surface area contributed by atoms with E-state index in [0.29, 0.717) is 5.17 Å². The zero-order valence-corrected chi connectivity index (χ0v) is 4.50. The summed E-state index contributed by atoms with van der Waals surface area (Å²) >= 11 is 0. The maximum atomic E-state index is 10.1. The molecule has 48 valence electrons. The smallest absolute Gasteiger partial charge is 0.0574 e. The standard InChI is InChI=1S/C4H9N2O2/c1-2-6(8)5-3-4-7/h2,5,7H,1,3-4H2/q-1. The molecule has 0 aromatic carbocycles. The topological polar surface area (TPSA) is 58.6 Å². The third-order valence-electron chi connectivity index (χ3n) is 0.545. The van der Waals surface area contributed by atoms with Gasteiger partial charge < -0.3 is 15.5 Å². The van der Waals surface area contributed by atoms with Crippen LogP contribution >= 0.6 is 0 Å². The number of hydrogen-bond acceptors (Lipinski definition) is 4. The molecule has 8 heavy (non-hydrogen) atoms. The molecule has 0 aromatic heterocycles. The summed E-state index contributed by atoms with van der Waals surface area (Å²) in [5.41, 5.74) is 2.29. The van der Waals surface area contributed by atoms with Gasteiger partial charge in [0, 0.05) is 6.54 Å². The van der Waals surface area contributed by atoms with Gasteiger partial charge in [-0.05, 0) is 6.20 Å². The van der Waals surface area contributed by atoms with Crippen molar-refractivity contribution >= 4 is 0 Å². The molecule has 0 bridgehead atoms. The van der Waals surface area contributed by atoms with E-state index in [1.54, 1.807) is 0 Å². The van der Waals surface area contributed by atoms with E-state index in [2.05, 4.69) is 12.0 Å². The molecule has 0 rings (SSSR count). The van der Waals surface area contributed by atoms with Gasteiger partial charge in [0.1, 0.15) is 0 Å². The van der Waals surface area contributed by atoms with Crippen molar-refractivity contribution in [3.63, 3.8) is 0 Å². The van der Waals surface area contributed by atoms with Crippen LogP contribution in [-0.4, -0.2) is 23.4 Å². The van der Waals surface area contributed by atoms with E-state index in [-0.39, 0.29) is 13.2 Å². The lowest BCUT2D eigenvalue weighted by atomic mass is 10.7. The second kappa shape index (κ2) is 4.58. The molecule has 0 fully saturated rings. The molecule has 0 aliphatic heterocycles. The van der Waals surface area contributed by atoms with Crippen LogP contribution in [0.25, 0.3) is 0 Å². The Bertz CT molecular complexity index is 67.1. The van der Waals surface area contributed by atoms with Gasteiger partial charge in [-0.3, -0.25) is 0 Å². The highest BCUT2D eigenvalue weighted by Crippen LogP contribution is 1.72. The predicted molar refractivity (Wildman–Crippen MR) is 30.5 cm³/mol. The van der Waals surface area contributed by atoms with Crippen LogP contribution in [0.4, 0.5) is 0 Å². The molecule has 0 unspecified atom stereocenters. The van der Waals surface area contributed by atoms with Crippen molar-refractivity contribution in [2.24, 2.45) is 0 Å². The van der Waals surface area contributed by atoms with Crippen LogP contribution in [0, 0.1) is 5.21 Å². The van der Waals surface area contributed by atoms with E-state index in [1.807, 2.05) is 0 Å². The molecular formula is C4H9N2O2-. The van der Waals surface area contributed by atoms with Gasteiger partial charge in [-0.15, -0.1) is 0 Å². The molecule has 0 aliphatic carbocycles. The summed E-state index contributed by atoms with van der Waals surface area (Å²) < 4.78 is 0. The molecule has 0 radical (unpaired) electrons. The van der Waals surface area contributed by atoms with Crippen molar-refractivity contribution in [3.8, 4) is 0 Å². The monoisotopic (exact) mass is 117 g/mol. The number of aliphatic hydroxyl groups excluding tert-OH is 1. The number of hydrogen-bond donors (Lipinski definition) is 2. The second-order valence-corrected chi connectivity index (χ2v) is 1.14. The summed E-state index contributed by atoms with van der Waals surface area (Å²) in [4.78, 5) is 0. The molecule has 0 saturated heterocycles. The fraction of sp³-hybridized carbons (Fsp3) is 0.500. The van der Waals surface area contributed by atoms with Crippen molar-refractivity contribution in [1.82, 2.24) is 10.6 Å². The summed E-state index contributed by atoms with van der Waals surface area (Å²) in [5.74, 6) is 0. The van der Waals surface area contributed by atoms with Crippen molar-refractivity contribution in [3.05, 3.63) is 18.0 Å². The normalized spacial score (nSPS) is 8.75. The first-order valence-corrected chi connectivity index (χ1v) is 2.24. The summed E-state index contributed by atoms with van der Waals surface area (Å²) in [6.45, 7) is 3.39. The molecule has 2 N–H and O–H groups in total. The first kappa shape index (κ1) is 7.42. The summed E-state index contributed by atoms with van der Waals surface area (Å²) in [6.07, 6.45) is 1.08. The lowest BCUT2D eigenvalue weighted by molar-refractivity contribution is 0.254. The van der Waals surface area contributed by atoms with Gasteiger partial charge in [0.25, 0.3) is 0 Å². The number of aliphatic hydroxyl groups is 1. The molecule has 0 aliphatic rings. The molecule has 4 heteroatoms. The van der Waals surface area contributed by atoms with E-state index in [0.717, 1.165) is 6.20 Å². The maximum absolute atomic E-state index is 10.1. The molecule has 0 aromatic rings. The molecule has 0 spiro atoms. The first-order chi connectivity index (χ1) is 3.81. The first-order valence-electron chi connectivity index (χ1n) is 2.24. The largest absolute Gasteiger partial charge is 0.744 e. The highest BCUT2D eigenvalue weighted by Gasteiger charge is 1.77. The Hall–Kier alpha value is -0.580.